The first-order valence-electron chi connectivity index (χ1n) is 13.0. The van der Waals surface area contributed by atoms with Crippen LogP contribution in [0.3, 0.4) is 0 Å². The van der Waals surface area contributed by atoms with Gasteiger partial charge in [0.05, 0.1) is 26.0 Å². The summed E-state index contributed by atoms with van der Waals surface area (Å²) < 4.78 is 4.83. The van der Waals surface area contributed by atoms with E-state index in [1.54, 1.807) is 0 Å². The number of carbonyl (C=O) groups excluding carboxylic acids is 2. The molecule has 6 nitrogen and oxygen atoms in total. The number of rotatable bonds is 8. The van der Waals surface area contributed by atoms with Gasteiger partial charge in [-0.25, -0.2) is 0 Å². The Kier molecular flexibility index (Phi) is 7.54. The Morgan fingerprint density at radius 1 is 0.946 bits per heavy atom. The van der Waals surface area contributed by atoms with Gasteiger partial charge in [0.25, 0.3) is 0 Å². The van der Waals surface area contributed by atoms with Crippen molar-refractivity contribution in [2.24, 2.45) is 0 Å². The van der Waals surface area contributed by atoms with Crippen molar-refractivity contribution < 1.29 is 14.3 Å². The predicted molar refractivity (Wildman–Crippen MR) is 147 cm³/mol. The van der Waals surface area contributed by atoms with Gasteiger partial charge in [0.2, 0.25) is 5.91 Å². The van der Waals surface area contributed by atoms with E-state index < -0.39 is 0 Å². The third kappa shape index (κ3) is 5.69. The molecule has 1 atom stereocenters. The lowest BCUT2D eigenvalue weighted by molar-refractivity contribution is -0.139. The number of nitrogens with zero attached hydrogens (tertiary/aromatic N) is 1. The summed E-state index contributed by atoms with van der Waals surface area (Å²) in [7, 11) is 1.39. The van der Waals surface area contributed by atoms with Gasteiger partial charge in [-0.1, -0.05) is 54.6 Å². The Morgan fingerprint density at radius 3 is 2.49 bits per heavy atom. The Bertz CT molecular complexity index is 1370. The summed E-state index contributed by atoms with van der Waals surface area (Å²) in [6, 6.07) is 24.3. The van der Waals surface area contributed by atoms with Crippen LogP contribution in [0.4, 0.5) is 5.69 Å². The number of fused-ring (bicyclic) bond motifs is 1. The summed E-state index contributed by atoms with van der Waals surface area (Å²) >= 11 is 0. The SMILES string of the molecule is COC(=O)Cc1c[nH]c2ccc(CC(=O)NC(c3ccccc3)c3ccccc3N3CCCCC3)cc12. The Labute approximate surface area is 217 Å². The highest BCUT2D eigenvalue weighted by atomic mass is 16.5. The number of piperidine rings is 1. The number of methoxy groups -OCH3 is 1. The second-order valence-corrected chi connectivity index (χ2v) is 9.64. The zero-order chi connectivity index (χ0) is 25.6. The second-order valence-electron chi connectivity index (χ2n) is 9.64. The molecule has 1 amide bonds. The number of esters is 1. The molecule has 1 fully saturated rings. The van der Waals surface area contributed by atoms with Crippen molar-refractivity contribution >= 4 is 28.5 Å². The summed E-state index contributed by atoms with van der Waals surface area (Å²) in [4.78, 5) is 30.9. The molecule has 1 unspecified atom stereocenters. The van der Waals surface area contributed by atoms with E-state index in [2.05, 4.69) is 45.5 Å². The highest BCUT2D eigenvalue weighted by Crippen LogP contribution is 2.32. The highest BCUT2D eigenvalue weighted by molar-refractivity contribution is 5.89. The lowest BCUT2D eigenvalue weighted by atomic mass is 9.95. The molecule has 2 N–H and O–H groups in total. The van der Waals surface area contributed by atoms with Crippen molar-refractivity contribution in [3.63, 3.8) is 0 Å². The van der Waals surface area contributed by atoms with Crippen LogP contribution in [0.25, 0.3) is 10.9 Å². The largest absolute Gasteiger partial charge is 0.469 e. The molecular formula is C31H33N3O3. The van der Waals surface area contributed by atoms with Crippen molar-refractivity contribution in [1.82, 2.24) is 10.3 Å². The summed E-state index contributed by atoms with van der Waals surface area (Å²) in [6.45, 7) is 2.08. The predicted octanol–water partition coefficient (Wildman–Crippen LogP) is 5.32. The zero-order valence-electron chi connectivity index (χ0n) is 21.2. The van der Waals surface area contributed by atoms with Gasteiger partial charge >= 0.3 is 5.97 Å². The molecule has 3 aromatic carbocycles. The molecule has 5 rings (SSSR count). The minimum absolute atomic E-state index is 0.0493. The van der Waals surface area contributed by atoms with Gasteiger partial charge in [0, 0.05) is 41.4 Å². The van der Waals surface area contributed by atoms with E-state index in [0.29, 0.717) is 0 Å². The molecule has 6 heteroatoms. The minimum Gasteiger partial charge on any atom is -0.469 e. The fourth-order valence-corrected chi connectivity index (χ4v) is 5.25. The lowest BCUT2D eigenvalue weighted by Crippen LogP contribution is -2.34. The van der Waals surface area contributed by atoms with Gasteiger partial charge in [0.1, 0.15) is 0 Å². The monoisotopic (exact) mass is 495 g/mol. The summed E-state index contributed by atoms with van der Waals surface area (Å²) in [5, 5.41) is 4.26. The van der Waals surface area contributed by atoms with Crippen LogP contribution in [0, 0.1) is 0 Å². The first kappa shape index (κ1) is 24.6. The van der Waals surface area contributed by atoms with Crippen LogP contribution in [0.2, 0.25) is 0 Å². The van der Waals surface area contributed by atoms with Crippen molar-refractivity contribution in [3.8, 4) is 0 Å². The number of benzene rings is 3. The average molecular weight is 496 g/mol. The number of nitrogens with one attached hydrogen (secondary N) is 2. The quantitative estimate of drug-likeness (QED) is 0.325. The van der Waals surface area contributed by atoms with Crippen LogP contribution in [0.5, 0.6) is 0 Å². The molecule has 0 spiro atoms. The molecule has 0 radical (unpaired) electrons. The first-order valence-corrected chi connectivity index (χ1v) is 13.0. The summed E-state index contributed by atoms with van der Waals surface area (Å²) in [5.74, 6) is -0.339. The van der Waals surface area contributed by atoms with Gasteiger partial charge in [-0.05, 0) is 54.2 Å². The van der Waals surface area contributed by atoms with Crippen LogP contribution in [0.1, 0.15) is 47.6 Å². The first-order chi connectivity index (χ1) is 18.1. The molecule has 1 aromatic heterocycles. The van der Waals surface area contributed by atoms with E-state index in [-0.39, 0.29) is 30.8 Å². The Hall–Kier alpha value is -4.06. The number of carbonyl (C=O) groups is 2. The number of aromatic nitrogens is 1. The van der Waals surface area contributed by atoms with Crippen molar-refractivity contribution in [1.29, 1.82) is 0 Å². The third-order valence-electron chi connectivity index (χ3n) is 7.14. The van der Waals surface area contributed by atoms with Crippen molar-refractivity contribution in [2.45, 2.75) is 38.1 Å². The molecule has 1 aliphatic heterocycles. The van der Waals surface area contributed by atoms with Gasteiger partial charge in [-0.15, -0.1) is 0 Å². The molecule has 0 bridgehead atoms. The van der Waals surface area contributed by atoms with E-state index in [0.717, 1.165) is 46.2 Å². The number of ether oxygens (including phenoxy) is 1. The van der Waals surface area contributed by atoms with Crippen LogP contribution in [-0.4, -0.2) is 37.1 Å². The Balaban J connectivity index is 1.41. The maximum Gasteiger partial charge on any atom is 0.310 e. The van der Waals surface area contributed by atoms with Crippen LogP contribution in [-0.2, 0) is 27.2 Å². The van der Waals surface area contributed by atoms with E-state index in [1.165, 1.54) is 32.1 Å². The third-order valence-corrected chi connectivity index (χ3v) is 7.14. The topological polar surface area (TPSA) is 74.4 Å². The van der Waals surface area contributed by atoms with Crippen LogP contribution < -0.4 is 10.2 Å². The number of aromatic amines is 1. The smallest absolute Gasteiger partial charge is 0.310 e. The molecule has 0 saturated carbocycles. The van der Waals surface area contributed by atoms with Crippen LogP contribution in [0.15, 0.2) is 79.0 Å². The summed E-state index contributed by atoms with van der Waals surface area (Å²) in [5.41, 5.74) is 6.05. The standard InChI is InChI=1S/C31H33N3O3/c1-37-30(36)20-24-21-32-27-15-14-22(18-26(24)27)19-29(35)33-31(23-10-4-2-5-11-23)25-12-6-7-13-28(25)34-16-8-3-9-17-34/h2,4-7,10-15,18,21,31-32H,3,8-9,16-17,19-20H2,1H3,(H,33,35). The molecule has 4 aromatic rings. The molecule has 190 valence electrons. The normalized spacial score (nSPS) is 14.4. The van der Waals surface area contributed by atoms with Gasteiger partial charge < -0.3 is 19.9 Å². The fourth-order valence-electron chi connectivity index (χ4n) is 5.25. The number of para-hydroxylation sites is 1. The van der Waals surface area contributed by atoms with Gasteiger partial charge in [0.15, 0.2) is 0 Å². The molecule has 1 saturated heterocycles. The maximum atomic E-state index is 13.4. The highest BCUT2D eigenvalue weighted by Gasteiger charge is 2.23. The number of hydrogen-bond acceptors (Lipinski definition) is 4. The van der Waals surface area contributed by atoms with Gasteiger partial charge in [-0.2, -0.15) is 0 Å². The van der Waals surface area contributed by atoms with Crippen LogP contribution >= 0.6 is 0 Å². The fraction of sp³-hybridized carbons (Fsp3) is 0.290. The van der Waals surface area contributed by atoms with Crippen molar-refractivity contribution in [2.75, 3.05) is 25.1 Å². The molecule has 2 heterocycles. The average Bonchev–Trinajstić information content (AvgIpc) is 3.34. The number of hydrogen-bond donors (Lipinski definition) is 2. The zero-order valence-corrected chi connectivity index (χ0v) is 21.2. The second kappa shape index (κ2) is 11.3. The van der Waals surface area contributed by atoms with E-state index in [1.807, 2.05) is 48.7 Å². The lowest BCUT2D eigenvalue weighted by Gasteiger charge is -2.33. The molecular weight excluding hydrogens is 462 g/mol. The maximum absolute atomic E-state index is 13.4. The molecule has 37 heavy (non-hydrogen) atoms. The molecule has 0 aliphatic carbocycles. The Morgan fingerprint density at radius 2 is 1.70 bits per heavy atom. The minimum atomic E-state index is -0.290. The van der Waals surface area contributed by atoms with E-state index >= 15 is 0 Å². The number of amides is 1. The summed E-state index contributed by atoms with van der Waals surface area (Å²) in [6.07, 6.45) is 5.91. The molecule has 1 aliphatic rings. The number of H-pyrrole nitrogens is 1. The van der Waals surface area contributed by atoms with Crippen molar-refractivity contribution in [3.05, 3.63) is 101 Å². The van der Waals surface area contributed by atoms with E-state index in [9.17, 15) is 9.59 Å². The van der Waals surface area contributed by atoms with Gasteiger partial charge in [-0.3, -0.25) is 9.59 Å². The van der Waals surface area contributed by atoms with E-state index in [4.69, 9.17) is 4.74 Å². The number of anilines is 1.